The fourth-order valence-electron chi connectivity index (χ4n) is 2.08. The number of hydrogen-bond acceptors (Lipinski definition) is 4. The van der Waals surface area contributed by atoms with Crippen LogP contribution in [0.25, 0.3) is 11.5 Å². The van der Waals surface area contributed by atoms with Crippen LogP contribution in [0.15, 0.2) is 22.8 Å². The van der Waals surface area contributed by atoms with Crippen molar-refractivity contribution in [2.75, 3.05) is 0 Å². The molecule has 110 valence electrons. The molecule has 0 saturated heterocycles. The highest BCUT2D eigenvalue weighted by atomic mass is 79.9. The Morgan fingerprint density at radius 2 is 1.95 bits per heavy atom. The minimum atomic E-state index is -0.814. The standard InChI is InChI=1S/C15H16BrN3O2/c1-8(15(20)21)7-11-9(2)18-14(19-10(11)3)13-12(16)5-4-6-17-13/h4-6,8H,7H2,1-3H3,(H,20,21). The van der Waals surface area contributed by atoms with E-state index in [2.05, 4.69) is 30.9 Å². The number of halogens is 1. The van der Waals surface area contributed by atoms with Crippen LogP contribution in [0.1, 0.15) is 23.9 Å². The number of carbonyl (C=O) groups is 1. The predicted octanol–water partition coefficient (Wildman–Crippen LogP) is 3.18. The minimum Gasteiger partial charge on any atom is -0.481 e. The molecule has 0 saturated carbocycles. The van der Waals surface area contributed by atoms with Crippen molar-refractivity contribution in [2.45, 2.75) is 27.2 Å². The Balaban J connectivity index is 2.42. The third-order valence-corrected chi connectivity index (χ3v) is 3.96. The van der Waals surface area contributed by atoms with Gasteiger partial charge < -0.3 is 5.11 Å². The minimum absolute atomic E-state index is 0.427. The first kappa shape index (κ1) is 15.6. The summed E-state index contributed by atoms with van der Waals surface area (Å²) in [6, 6.07) is 3.72. The van der Waals surface area contributed by atoms with Gasteiger partial charge in [-0.25, -0.2) is 9.97 Å². The lowest BCUT2D eigenvalue weighted by molar-refractivity contribution is -0.141. The lowest BCUT2D eigenvalue weighted by Gasteiger charge is -2.13. The van der Waals surface area contributed by atoms with Crippen LogP contribution >= 0.6 is 15.9 Å². The van der Waals surface area contributed by atoms with Gasteiger partial charge in [-0.05, 0) is 53.9 Å². The Kier molecular flexibility index (Phi) is 4.67. The third kappa shape index (κ3) is 3.44. The molecule has 0 amide bonds. The van der Waals surface area contributed by atoms with Crippen molar-refractivity contribution in [1.29, 1.82) is 0 Å². The lowest BCUT2D eigenvalue weighted by Crippen LogP contribution is -2.15. The number of aromatic nitrogens is 3. The van der Waals surface area contributed by atoms with E-state index in [1.54, 1.807) is 13.1 Å². The van der Waals surface area contributed by atoms with E-state index < -0.39 is 11.9 Å². The summed E-state index contributed by atoms with van der Waals surface area (Å²) < 4.78 is 0.829. The van der Waals surface area contributed by atoms with Gasteiger partial charge in [0.1, 0.15) is 5.69 Å². The molecule has 2 heterocycles. The summed E-state index contributed by atoms with van der Waals surface area (Å²) in [5, 5.41) is 9.04. The zero-order valence-electron chi connectivity index (χ0n) is 12.1. The Hall–Kier alpha value is -1.82. The summed E-state index contributed by atoms with van der Waals surface area (Å²) in [7, 11) is 0. The van der Waals surface area contributed by atoms with Gasteiger partial charge in [0.15, 0.2) is 5.82 Å². The molecule has 0 bridgehead atoms. The fraction of sp³-hybridized carbons (Fsp3) is 0.333. The third-order valence-electron chi connectivity index (χ3n) is 3.32. The number of nitrogens with zero attached hydrogens (tertiary/aromatic N) is 3. The van der Waals surface area contributed by atoms with E-state index in [1.165, 1.54) is 0 Å². The molecule has 1 unspecified atom stereocenters. The van der Waals surface area contributed by atoms with Gasteiger partial charge >= 0.3 is 5.97 Å². The van der Waals surface area contributed by atoms with Crippen molar-refractivity contribution in [1.82, 2.24) is 15.0 Å². The van der Waals surface area contributed by atoms with E-state index in [1.807, 2.05) is 26.0 Å². The topological polar surface area (TPSA) is 76.0 Å². The van der Waals surface area contributed by atoms with Crippen molar-refractivity contribution in [3.63, 3.8) is 0 Å². The first-order valence-corrected chi connectivity index (χ1v) is 7.37. The van der Waals surface area contributed by atoms with E-state index in [4.69, 9.17) is 5.11 Å². The predicted molar refractivity (Wildman–Crippen MR) is 82.9 cm³/mol. The average Bonchev–Trinajstić information content (AvgIpc) is 2.42. The summed E-state index contributed by atoms with van der Waals surface area (Å²) >= 11 is 3.44. The average molecular weight is 350 g/mol. The Labute approximate surface area is 131 Å². The number of aryl methyl sites for hydroxylation is 2. The van der Waals surface area contributed by atoms with Crippen molar-refractivity contribution in [2.24, 2.45) is 5.92 Å². The van der Waals surface area contributed by atoms with Gasteiger partial charge in [0.25, 0.3) is 0 Å². The molecule has 0 spiro atoms. The molecule has 0 aromatic carbocycles. The highest BCUT2D eigenvalue weighted by molar-refractivity contribution is 9.10. The molecule has 2 rings (SSSR count). The van der Waals surface area contributed by atoms with Crippen LogP contribution in [0.2, 0.25) is 0 Å². The number of pyridine rings is 1. The SMILES string of the molecule is Cc1nc(-c2ncccc2Br)nc(C)c1CC(C)C(=O)O. The molecule has 0 fully saturated rings. The van der Waals surface area contributed by atoms with Gasteiger partial charge in [0.05, 0.1) is 5.92 Å². The molecule has 6 heteroatoms. The van der Waals surface area contributed by atoms with E-state index in [0.29, 0.717) is 17.9 Å². The zero-order valence-corrected chi connectivity index (χ0v) is 13.7. The summed E-state index contributed by atoms with van der Waals surface area (Å²) in [6.07, 6.45) is 2.12. The van der Waals surface area contributed by atoms with Crippen LogP contribution in [-0.2, 0) is 11.2 Å². The zero-order chi connectivity index (χ0) is 15.6. The second-order valence-electron chi connectivity index (χ2n) is 4.97. The molecule has 21 heavy (non-hydrogen) atoms. The first-order chi connectivity index (χ1) is 9.90. The summed E-state index contributed by atoms with van der Waals surface area (Å²) in [6.45, 7) is 5.43. The van der Waals surface area contributed by atoms with Crippen LogP contribution in [-0.4, -0.2) is 26.0 Å². The maximum absolute atomic E-state index is 11.0. The van der Waals surface area contributed by atoms with E-state index in [9.17, 15) is 4.79 Å². The monoisotopic (exact) mass is 349 g/mol. The van der Waals surface area contributed by atoms with Crippen LogP contribution in [0, 0.1) is 19.8 Å². The molecule has 1 atom stereocenters. The molecular weight excluding hydrogens is 334 g/mol. The van der Waals surface area contributed by atoms with E-state index in [-0.39, 0.29) is 0 Å². The van der Waals surface area contributed by atoms with Crippen LogP contribution in [0.4, 0.5) is 0 Å². The second-order valence-corrected chi connectivity index (χ2v) is 5.83. The highest BCUT2D eigenvalue weighted by Crippen LogP contribution is 2.25. The Morgan fingerprint density at radius 1 is 1.33 bits per heavy atom. The molecular formula is C15H16BrN3O2. The first-order valence-electron chi connectivity index (χ1n) is 6.58. The summed E-state index contributed by atoms with van der Waals surface area (Å²) in [5.74, 6) is -0.729. The molecule has 5 nitrogen and oxygen atoms in total. The van der Waals surface area contributed by atoms with Gasteiger partial charge in [0.2, 0.25) is 0 Å². The molecule has 1 N–H and O–H groups in total. The van der Waals surface area contributed by atoms with E-state index in [0.717, 1.165) is 21.4 Å². The molecule has 0 aliphatic heterocycles. The quantitative estimate of drug-likeness (QED) is 0.917. The molecule has 0 radical (unpaired) electrons. The van der Waals surface area contributed by atoms with Crippen molar-refractivity contribution >= 4 is 21.9 Å². The number of carboxylic acid groups (broad SMARTS) is 1. The van der Waals surface area contributed by atoms with Crippen LogP contribution in [0.3, 0.4) is 0 Å². The summed E-state index contributed by atoms with van der Waals surface area (Å²) in [5.41, 5.74) is 3.16. The summed E-state index contributed by atoms with van der Waals surface area (Å²) in [4.78, 5) is 24.2. The Morgan fingerprint density at radius 3 is 2.48 bits per heavy atom. The van der Waals surface area contributed by atoms with Gasteiger partial charge in [-0.2, -0.15) is 0 Å². The second kappa shape index (κ2) is 6.30. The maximum atomic E-state index is 11.0. The van der Waals surface area contributed by atoms with E-state index >= 15 is 0 Å². The van der Waals surface area contributed by atoms with Crippen molar-refractivity contribution < 1.29 is 9.90 Å². The van der Waals surface area contributed by atoms with Gasteiger partial charge in [-0.15, -0.1) is 0 Å². The maximum Gasteiger partial charge on any atom is 0.306 e. The lowest BCUT2D eigenvalue weighted by atomic mass is 9.99. The number of hydrogen-bond donors (Lipinski definition) is 1. The van der Waals surface area contributed by atoms with Gasteiger partial charge in [0, 0.05) is 22.1 Å². The number of rotatable bonds is 4. The number of carboxylic acids is 1. The van der Waals surface area contributed by atoms with Gasteiger partial charge in [-0.3, -0.25) is 9.78 Å². The normalized spacial score (nSPS) is 12.2. The number of aliphatic carboxylic acids is 1. The highest BCUT2D eigenvalue weighted by Gasteiger charge is 2.18. The van der Waals surface area contributed by atoms with Crippen molar-refractivity contribution in [3.05, 3.63) is 39.8 Å². The molecule has 0 aliphatic rings. The molecule has 2 aromatic heterocycles. The van der Waals surface area contributed by atoms with Crippen molar-refractivity contribution in [3.8, 4) is 11.5 Å². The Bertz CT molecular complexity index is 665. The van der Waals surface area contributed by atoms with Crippen LogP contribution < -0.4 is 0 Å². The van der Waals surface area contributed by atoms with Crippen LogP contribution in [0.5, 0.6) is 0 Å². The molecule has 2 aromatic rings. The largest absolute Gasteiger partial charge is 0.481 e. The molecule has 0 aliphatic carbocycles. The van der Waals surface area contributed by atoms with Gasteiger partial charge in [-0.1, -0.05) is 6.92 Å². The fourth-order valence-corrected chi connectivity index (χ4v) is 2.52. The smallest absolute Gasteiger partial charge is 0.306 e.